The fourth-order valence-electron chi connectivity index (χ4n) is 2.10. The summed E-state index contributed by atoms with van der Waals surface area (Å²) in [6.07, 6.45) is 3.86. The van der Waals surface area contributed by atoms with E-state index < -0.39 is 20.6 Å². The van der Waals surface area contributed by atoms with Gasteiger partial charge < -0.3 is 4.74 Å². The summed E-state index contributed by atoms with van der Waals surface area (Å²) < 4.78 is 30.1. The summed E-state index contributed by atoms with van der Waals surface area (Å²) in [6.45, 7) is 1.82. The van der Waals surface area contributed by atoms with E-state index in [9.17, 15) is 18.5 Å². The van der Waals surface area contributed by atoms with Crippen molar-refractivity contribution >= 4 is 21.5 Å². The number of anilines is 1. The first kappa shape index (κ1) is 19.1. The minimum atomic E-state index is -3.98. The lowest BCUT2D eigenvalue weighted by atomic mass is 10.2. The van der Waals surface area contributed by atoms with Gasteiger partial charge in [-0.2, -0.15) is 4.98 Å². The largest absolute Gasteiger partial charge is 0.432 e. The SMILES string of the molecule is Cc1ccc(S(=O)(=O)NNc2ncnc(Oc3cccnc3)c2[N+](=O)[O-])cc1. The summed E-state index contributed by atoms with van der Waals surface area (Å²) in [4.78, 5) is 24.0. The van der Waals surface area contributed by atoms with Gasteiger partial charge in [0.05, 0.1) is 16.0 Å². The Morgan fingerprint density at radius 3 is 2.54 bits per heavy atom. The number of nitrogens with zero attached hydrogens (tertiary/aromatic N) is 4. The molecule has 28 heavy (non-hydrogen) atoms. The molecule has 11 nitrogen and oxygen atoms in total. The van der Waals surface area contributed by atoms with Crippen LogP contribution in [0.15, 0.2) is 60.0 Å². The van der Waals surface area contributed by atoms with Crippen molar-refractivity contribution < 1.29 is 18.1 Å². The number of hydrogen-bond acceptors (Lipinski definition) is 9. The molecule has 0 unspecified atom stereocenters. The summed E-state index contributed by atoms with van der Waals surface area (Å²) >= 11 is 0. The molecule has 0 saturated heterocycles. The zero-order valence-electron chi connectivity index (χ0n) is 14.4. The monoisotopic (exact) mass is 402 g/mol. The molecule has 12 heteroatoms. The zero-order valence-corrected chi connectivity index (χ0v) is 15.3. The Labute approximate surface area is 159 Å². The molecule has 2 aromatic heterocycles. The number of hydrogen-bond donors (Lipinski definition) is 2. The molecule has 0 aliphatic heterocycles. The van der Waals surface area contributed by atoms with E-state index in [1.54, 1.807) is 18.2 Å². The van der Waals surface area contributed by atoms with Crippen LogP contribution in [0.4, 0.5) is 11.5 Å². The predicted molar refractivity (Wildman–Crippen MR) is 98.1 cm³/mol. The molecule has 0 saturated carbocycles. The summed E-state index contributed by atoms with van der Waals surface area (Å²) in [5, 5.41) is 11.5. The summed E-state index contributed by atoms with van der Waals surface area (Å²) in [5.74, 6) is -0.532. The maximum atomic E-state index is 12.3. The quantitative estimate of drug-likeness (QED) is 0.448. The Kier molecular flexibility index (Phi) is 5.42. The molecule has 0 fully saturated rings. The summed E-state index contributed by atoms with van der Waals surface area (Å²) in [6, 6.07) is 9.18. The first-order valence-corrected chi connectivity index (χ1v) is 9.27. The van der Waals surface area contributed by atoms with E-state index in [1.807, 2.05) is 6.92 Å². The zero-order chi connectivity index (χ0) is 20.1. The number of ether oxygens (including phenoxy) is 1. The number of benzene rings is 1. The van der Waals surface area contributed by atoms with Crippen LogP contribution in [0.1, 0.15) is 5.56 Å². The van der Waals surface area contributed by atoms with E-state index in [-0.39, 0.29) is 22.3 Å². The second-order valence-corrected chi connectivity index (χ2v) is 7.15. The predicted octanol–water partition coefficient (Wildman–Crippen LogP) is 2.19. The molecule has 0 spiro atoms. The van der Waals surface area contributed by atoms with Crippen molar-refractivity contribution in [3.8, 4) is 11.6 Å². The minimum absolute atomic E-state index is 0.0193. The molecular weight excluding hydrogens is 388 g/mol. The van der Waals surface area contributed by atoms with Crippen LogP contribution in [-0.2, 0) is 10.0 Å². The number of hydrazine groups is 1. The van der Waals surface area contributed by atoms with Crippen molar-refractivity contribution in [3.05, 3.63) is 70.8 Å². The van der Waals surface area contributed by atoms with E-state index in [1.165, 1.54) is 30.6 Å². The van der Waals surface area contributed by atoms with Crippen molar-refractivity contribution in [1.82, 2.24) is 19.8 Å². The Bertz CT molecular complexity index is 1090. The number of nitrogens with one attached hydrogen (secondary N) is 2. The molecule has 0 atom stereocenters. The van der Waals surface area contributed by atoms with Gasteiger partial charge in [0, 0.05) is 6.20 Å². The average molecular weight is 402 g/mol. The number of aromatic nitrogens is 3. The Morgan fingerprint density at radius 2 is 1.89 bits per heavy atom. The smallest absolute Gasteiger partial charge is 0.374 e. The highest BCUT2D eigenvalue weighted by molar-refractivity contribution is 7.89. The first-order chi connectivity index (χ1) is 13.4. The van der Waals surface area contributed by atoms with Crippen molar-refractivity contribution in [2.45, 2.75) is 11.8 Å². The molecule has 0 amide bonds. The molecule has 0 bridgehead atoms. The van der Waals surface area contributed by atoms with Crippen molar-refractivity contribution in [2.75, 3.05) is 5.43 Å². The van der Waals surface area contributed by atoms with Gasteiger partial charge in [0.25, 0.3) is 10.0 Å². The van der Waals surface area contributed by atoms with Crippen LogP contribution in [0.3, 0.4) is 0 Å². The van der Waals surface area contributed by atoms with Crippen LogP contribution in [0, 0.1) is 17.0 Å². The Morgan fingerprint density at radius 1 is 1.14 bits per heavy atom. The third-order valence-corrected chi connectivity index (χ3v) is 4.72. The average Bonchev–Trinajstić information content (AvgIpc) is 2.67. The van der Waals surface area contributed by atoms with Gasteiger partial charge in [0.2, 0.25) is 5.82 Å². The Balaban J connectivity index is 1.86. The molecule has 3 rings (SSSR count). The van der Waals surface area contributed by atoms with Crippen LogP contribution in [-0.4, -0.2) is 28.3 Å². The second-order valence-electron chi connectivity index (χ2n) is 5.47. The molecule has 3 aromatic rings. The minimum Gasteiger partial charge on any atom is -0.432 e. The number of nitro groups is 1. The highest BCUT2D eigenvalue weighted by Crippen LogP contribution is 2.33. The third kappa shape index (κ3) is 4.36. The van der Waals surface area contributed by atoms with Crippen LogP contribution in [0.2, 0.25) is 0 Å². The molecule has 0 aliphatic carbocycles. The van der Waals surface area contributed by atoms with Crippen LogP contribution in [0.25, 0.3) is 0 Å². The van der Waals surface area contributed by atoms with E-state index in [0.717, 1.165) is 11.9 Å². The van der Waals surface area contributed by atoms with Gasteiger partial charge >= 0.3 is 11.6 Å². The molecule has 0 radical (unpaired) electrons. The van der Waals surface area contributed by atoms with Gasteiger partial charge in [-0.25, -0.2) is 13.4 Å². The van der Waals surface area contributed by atoms with Gasteiger partial charge in [0.15, 0.2) is 0 Å². The Hall–Kier alpha value is -3.64. The van der Waals surface area contributed by atoms with Gasteiger partial charge in [-0.1, -0.05) is 17.7 Å². The lowest BCUT2D eigenvalue weighted by molar-refractivity contribution is -0.385. The number of sulfonamides is 1. The van der Waals surface area contributed by atoms with Crippen LogP contribution in [0.5, 0.6) is 11.6 Å². The maximum absolute atomic E-state index is 12.3. The topological polar surface area (TPSA) is 149 Å². The summed E-state index contributed by atoms with van der Waals surface area (Å²) in [5.41, 5.74) is 2.49. The number of rotatable bonds is 7. The lowest BCUT2D eigenvalue weighted by Gasteiger charge is -2.11. The standard InChI is InChI=1S/C16H14N6O5S/c1-11-4-6-13(7-5-11)28(25,26)21-20-15-14(22(23)24)16(19-10-18-15)27-12-3-2-8-17-9-12/h2-10,21H,1H3,(H,18,19,20). The van der Waals surface area contributed by atoms with Crippen molar-refractivity contribution in [3.63, 3.8) is 0 Å². The first-order valence-electron chi connectivity index (χ1n) is 7.78. The maximum Gasteiger partial charge on any atom is 0.374 e. The molecule has 1 aromatic carbocycles. The van der Waals surface area contributed by atoms with E-state index in [4.69, 9.17) is 4.74 Å². The lowest BCUT2D eigenvalue weighted by Crippen LogP contribution is -2.30. The highest BCUT2D eigenvalue weighted by atomic mass is 32.2. The fraction of sp³-hybridized carbons (Fsp3) is 0.0625. The van der Waals surface area contributed by atoms with Gasteiger partial charge in [-0.3, -0.25) is 20.5 Å². The van der Waals surface area contributed by atoms with Gasteiger partial charge in [-0.05, 0) is 31.2 Å². The van der Waals surface area contributed by atoms with Gasteiger partial charge in [-0.15, -0.1) is 4.83 Å². The van der Waals surface area contributed by atoms with Crippen LogP contribution < -0.4 is 15.0 Å². The summed E-state index contributed by atoms with van der Waals surface area (Å²) in [7, 11) is -3.98. The highest BCUT2D eigenvalue weighted by Gasteiger charge is 2.26. The van der Waals surface area contributed by atoms with Crippen molar-refractivity contribution in [1.29, 1.82) is 0 Å². The number of pyridine rings is 1. The fourth-order valence-corrected chi connectivity index (χ4v) is 2.95. The van der Waals surface area contributed by atoms with E-state index in [2.05, 4.69) is 25.2 Å². The molecule has 2 N–H and O–H groups in total. The second kappa shape index (κ2) is 7.94. The van der Waals surface area contributed by atoms with Crippen LogP contribution >= 0.6 is 0 Å². The van der Waals surface area contributed by atoms with Gasteiger partial charge in [0.1, 0.15) is 12.1 Å². The molecule has 2 heterocycles. The van der Waals surface area contributed by atoms with Crippen molar-refractivity contribution in [2.24, 2.45) is 0 Å². The molecular formula is C16H14N6O5S. The number of aryl methyl sites for hydroxylation is 1. The molecule has 144 valence electrons. The normalized spacial score (nSPS) is 11.0. The van der Waals surface area contributed by atoms with E-state index in [0.29, 0.717) is 0 Å². The van der Waals surface area contributed by atoms with E-state index >= 15 is 0 Å². The third-order valence-electron chi connectivity index (χ3n) is 3.46. The molecule has 0 aliphatic rings.